The Morgan fingerprint density at radius 3 is 2.59 bits per heavy atom. The molecule has 1 aliphatic carbocycles. The summed E-state index contributed by atoms with van der Waals surface area (Å²) >= 11 is 0. The van der Waals surface area contributed by atoms with Gasteiger partial charge in [-0.3, -0.25) is 0 Å². The van der Waals surface area contributed by atoms with Crippen molar-refractivity contribution in [1.82, 2.24) is 25.5 Å². The Morgan fingerprint density at radius 1 is 1.24 bits per heavy atom. The van der Waals surface area contributed by atoms with Crippen LogP contribution in [-0.4, -0.2) is 45.9 Å². The number of hydrogen-bond donors (Lipinski definition) is 1. The van der Waals surface area contributed by atoms with Crippen LogP contribution in [0.3, 0.4) is 0 Å². The van der Waals surface area contributed by atoms with E-state index in [1.165, 1.54) is 32.2 Å². The number of piperidine rings is 1. The Hall–Kier alpha value is -1.17. The summed E-state index contributed by atoms with van der Waals surface area (Å²) in [5.74, 6) is 1.86. The van der Waals surface area contributed by atoms with E-state index >= 15 is 0 Å². The van der Waals surface area contributed by atoms with Crippen molar-refractivity contribution in [2.24, 2.45) is 13.0 Å². The second-order valence-electron chi connectivity index (χ2n) is 5.22. The third-order valence-corrected chi connectivity index (χ3v) is 3.77. The van der Waals surface area contributed by atoms with E-state index in [-0.39, 0.29) is 0 Å². The summed E-state index contributed by atoms with van der Waals surface area (Å²) in [5, 5.41) is 15.3. The van der Waals surface area contributed by atoms with E-state index in [0.717, 1.165) is 25.0 Å². The maximum absolute atomic E-state index is 4.06. The van der Waals surface area contributed by atoms with E-state index in [0.29, 0.717) is 6.04 Å². The molecule has 1 N–H and O–H groups in total. The molecule has 2 aliphatic rings. The van der Waals surface area contributed by atoms with Gasteiger partial charge in [-0.25, -0.2) is 4.68 Å². The molecule has 0 radical (unpaired) electrons. The fraction of sp³-hybridized carbons (Fsp3) is 0.909. The van der Waals surface area contributed by atoms with Crippen LogP contribution in [0.25, 0.3) is 0 Å². The fourth-order valence-electron chi connectivity index (χ4n) is 2.43. The van der Waals surface area contributed by atoms with Crippen molar-refractivity contribution in [3.63, 3.8) is 0 Å². The van der Waals surface area contributed by atoms with Gasteiger partial charge in [0.1, 0.15) is 0 Å². The molecular weight excluding hydrogens is 216 g/mol. The van der Waals surface area contributed by atoms with Gasteiger partial charge in [0, 0.05) is 26.2 Å². The molecule has 1 aliphatic heterocycles. The average molecular weight is 236 g/mol. The van der Waals surface area contributed by atoms with E-state index in [2.05, 4.69) is 25.7 Å². The molecule has 2 heterocycles. The molecule has 94 valence electrons. The summed E-state index contributed by atoms with van der Waals surface area (Å²) in [5.41, 5.74) is 0. The van der Waals surface area contributed by atoms with Gasteiger partial charge in [-0.2, -0.15) is 0 Å². The van der Waals surface area contributed by atoms with Gasteiger partial charge in [-0.15, -0.1) is 0 Å². The summed E-state index contributed by atoms with van der Waals surface area (Å²) < 4.78 is 1.75. The molecule has 3 rings (SSSR count). The smallest absolute Gasteiger partial charge is 0.245 e. The maximum atomic E-state index is 4.06. The van der Waals surface area contributed by atoms with Crippen molar-refractivity contribution in [3.05, 3.63) is 0 Å². The predicted molar refractivity (Wildman–Crippen MR) is 64.8 cm³/mol. The third-order valence-electron chi connectivity index (χ3n) is 3.77. The van der Waals surface area contributed by atoms with Crippen LogP contribution in [0.2, 0.25) is 0 Å². The molecule has 0 spiro atoms. The molecule has 0 aromatic carbocycles. The molecular formula is C11H20N6. The molecule has 0 bridgehead atoms. The van der Waals surface area contributed by atoms with E-state index in [9.17, 15) is 0 Å². The molecule has 6 nitrogen and oxygen atoms in total. The fourth-order valence-corrected chi connectivity index (χ4v) is 2.43. The van der Waals surface area contributed by atoms with Crippen molar-refractivity contribution in [1.29, 1.82) is 0 Å². The van der Waals surface area contributed by atoms with Crippen molar-refractivity contribution in [2.75, 3.05) is 24.5 Å². The van der Waals surface area contributed by atoms with Gasteiger partial charge in [-0.05, 0) is 48.6 Å². The molecule has 0 unspecified atom stereocenters. The van der Waals surface area contributed by atoms with Crippen LogP contribution in [0.4, 0.5) is 5.95 Å². The SMILES string of the molecule is Cn1nnnc1N1CCC(NCC2CC2)CC1. The Bertz CT molecular complexity index is 364. The lowest BCUT2D eigenvalue weighted by molar-refractivity contribution is 0.404. The third kappa shape index (κ3) is 2.57. The van der Waals surface area contributed by atoms with Crippen molar-refractivity contribution < 1.29 is 0 Å². The number of aromatic nitrogens is 4. The number of aryl methyl sites for hydroxylation is 1. The summed E-state index contributed by atoms with van der Waals surface area (Å²) in [7, 11) is 1.90. The molecule has 17 heavy (non-hydrogen) atoms. The minimum absolute atomic E-state index is 0.688. The van der Waals surface area contributed by atoms with Crippen molar-refractivity contribution in [2.45, 2.75) is 31.7 Å². The Morgan fingerprint density at radius 2 is 2.00 bits per heavy atom. The van der Waals surface area contributed by atoms with Gasteiger partial charge >= 0.3 is 0 Å². The zero-order valence-corrected chi connectivity index (χ0v) is 10.3. The summed E-state index contributed by atoms with van der Waals surface area (Å²) in [4.78, 5) is 2.27. The van der Waals surface area contributed by atoms with Crippen LogP contribution in [0.5, 0.6) is 0 Å². The highest BCUT2D eigenvalue weighted by Gasteiger charge is 2.25. The van der Waals surface area contributed by atoms with E-state index in [1.807, 2.05) is 7.05 Å². The topological polar surface area (TPSA) is 58.9 Å². The Labute approximate surface area is 101 Å². The number of rotatable bonds is 4. The first-order valence-corrected chi connectivity index (χ1v) is 6.53. The van der Waals surface area contributed by atoms with Crippen LogP contribution >= 0.6 is 0 Å². The lowest BCUT2D eigenvalue weighted by atomic mass is 10.1. The standard InChI is InChI=1S/C11H20N6/c1-16-11(13-14-15-16)17-6-4-10(5-7-17)12-8-9-2-3-9/h9-10,12H,2-8H2,1H3. The van der Waals surface area contributed by atoms with Crippen molar-refractivity contribution >= 4 is 5.95 Å². The van der Waals surface area contributed by atoms with Crippen molar-refractivity contribution in [3.8, 4) is 0 Å². The number of nitrogens with zero attached hydrogens (tertiary/aromatic N) is 5. The van der Waals surface area contributed by atoms with Gasteiger partial charge in [0.25, 0.3) is 0 Å². The summed E-state index contributed by atoms with van der Waals surface area (Å²) in [6.07, 6.45) is 5.24. The van der Waals surface area contributed by atoms with Gasteiger partial charge < -0.3 is 10.2 Å². The summed E-state index contributed by atoms with van der Waals surface area (Å²) in [6, 6.07) is 0.688. The zero-order valence-electron chi connectivity index (χ0n) is 10.3. The number of hydrogen-bond acceptors (Lipinski definition) is 5. The Balaban J connectivity index is 1.48. The lowest BCUT2D eigenvalue weighted by Crippen LogP contribution is -2.43. The van der Waals surface area contributed by atoms with Gasteiger partial charge in [-0.1, -0.05) is 5.10 Å². The number of tetrazole rings is 1. The molecule has 1 saturated carbocycles. The monoisotopic (exact) mass is 236 g/mol. The van der Waals surface area contributed by atoms with Gasteiger partial charge in [0.2, 0.25) is 5.95 Å². The molecule has 6 heteroatoms. The lowest BCUT2D eigenvalue weighted by Gasteiger charge is -2.32. The second kappa shape index (κ2) is 4.60. The molecule has 1 saturated heterocycles. The van der Waals surface area contributed by atoms with Gasteiger partial charge in [0.05, 0.1) is 0 Å². The minimum Gasteiger partial charge on any atom is -0.340 e. The zero-order chi connectivity index (χ0) is 11.7. The molecule has 0 atom stereocenters. The van der Waals surface area contributed by atoms with Crippen LogP contribution in [0.1, 0.15) is 25.7 Å². The van der Waals surface area contributed by atoms with E-state index < -0.39 is 0 Å². The molecule has 1 aromatic rings. The van der Waals surface area contributed by atoms with E-state index in [1.54, 1.807) is 4.68 Å². The first-order chi connectivity index (χ1) is 8.33. The number of nitrogens with one attached hydrogen (secondary N) is 1. The average Bonchev–Trinajstić information content (AvgIpc) is 3.09. The summed E-state index contributed by atoms with van der Waals surface area (Å²) in [6.45, 7) is 3.32. The quantitative estimate of drug-likeness (QED) is 0.808. The highest BCUT2D eigenvalue weighted by molar-refractivity contribution is 5.28. The van der Waals surface area contributed by atoms with Crippen LogP contribution in [-0.2, 0) is 7.05 Å². The predicted octanol–water partition coefficient (Wildman–Crippen LogP) is 0.178. The Kier molecular flexibility index (Phi) is 2.96. The highest BCUT2D eigenvalue weighted by Crippen LogP contribution is 2.28. The highest BCUT2D eigenvalue weighted by atomic mass is 15.6. The first kappa shape index (κ1) is 11.0. The maximum Gasteiger partial charge on any atom is 0.245 e. The molecule has 1 aromatic heterocycles. The van der Waals surface area contributed by atoms with Gasteiger partial charge in [0.15, 0.2) is 0 Å². The van der Waals surface area contributed by atoms with E-state index in [4.69, 9.17) is 0 Å². The largest absolute Gasteiger partial charge is 0.340 e. The second-order valence-corrected chi connectivity index (χ2v) is 5.22. The number of anilines is 1. The normalized spacial score (nSPS) is 22.1. The van der Waals surface area contributed by atoms with Crippen LogP contribution in [0.15, 0.2) is 0 Å². The molecule has 0 amide bonds. The van der Waals surface area contributed by atoms with Crippen LogP contribution < -0.4 is 10.2 Å². The molecule has 2 fully saturated rings. The minimum atomic E-state index is 0.688. The first-order valence-electron chi connectivity index (χ1n) is 6.53. The van der Waals surface area contributed by atoms with Crippen LogP contribution in [0, 0.1) is 5.92 Å².